The number of anilines is 1. The number of phenolic OH excluding ortho intramolecular Hbond substituents is 1. The number of rotatable bonds is 2. The summed E-state index contributed by atoms with van der Waals surface area (Å²) in [6, 6.07) is 12.2. The zero-order valence-corrected chi connectivity index (χ0v) is 12.4. The van der Waals surface area contributed by atoms with E-state index in [4.69, 9.17) is 10.3 Å². The van der Waals surface area contributed by atoms with Gasteiger partial charge < -0.3 is 15.4 Å². The first-order chi connectivity index (χ1) is 9.63. The average molecular weight is 379 g/mol. The maximum atomic E-state index is 9.27. The molecule has 0 aliphatic rings. The van der Waals surface area contributed by atoms with Gasteiger partial charge in [0.15, 0.2) is 0 Å². The third-order valence-corrected chi connectivity index (χ3v) is 3.47. The third-order valence-electron chi connectivity index (χ3n) is 2.80. The summed E-state index contributed by atoms with van der Waals surface area (Å²) in [5, 5.41) is 13.2. The SMILES string of the molecule is Nc1ccc(I)cc1-c1nc(-c2ccc(O)cc2)no1. The fourth-order valence-corrected chi connectivity index (χ4v) is 2.27. The van der Waals surface area contributed by atoms with E-state index in [-0.39, 0.29) is 5.75 Å². The third kappa shape index (κ3) is 2.46. The predicted octanol–water partition coefficient (Wildman–Crippen LogP) is 3.30. The minimum Gasteiger partial charge on any atom is -0.508 e. The van der Waals surface area contributed by atoms with Gasteiger partial charge in [0.05, 0.1) is 5.56 Å². The highest BCUT2D eigenvalue weighted by Crippen LogP contribution is 2.28. The summed E-state index contributed by atoms with van der Waals surface area (Å²) in [7, 11) is 0. The topological polar surface area (TPSA) is 85.2 Å². The Balaban J connectivity index is 2.01. The Labute approximate surface area is 128 Å². The molecule has 0 saturated carbocycles. The second-order valence-electron chi connectivity index (χ2n) is 4.20. The van der Waals surface area contributed by atoms with Crippen molar-refractivity contribution in [1.82, 2.24) is 10.1 Å². The van der Waals surface area contributed by atoms with Crippen molar-refractivity contribution in [3.8, 4) is 28.6 Å². The second kappa shape index (κ2) is 5.12. The van der Waals surface area contributed by atoms with E-state index in [2.05, 4.69) is 32.7 Å². The molecule has 0 atom stereocenters. The van der Waals surface area contributed by atoms with Gasteiger partial charge in [-0.3, -0.25) is 0 Å². The molecule has 3 rings (SSSR count). The van der Waals surface area contributed by atoms with E-state index < -0.39 is 0 Å². The Kier molecular flexibility index (Phi) is 3.31. The molecule has 0 aliphatic heterocycles. The minimum absolute atomic E-state index is 0.194. The molecular formula is C14H10IN3O2. The first kappa shape index (κ1) is 12.9. The number of nitrogens with zero attached hydrogens (tertiary/aromatic N) is 2. The molecule has 1 heterocycles. The summed E-state index contributed by atoms with van der Waals surface area (Å²) in [4.78, 5) is 4.34. The van der Waals surface area contributed by atoms with E-state index in [1.807, 2.05) is 18.2 Å². The van der Waals surface area contributed by atoms with E-state index in [0.717, 1.165) is 14.7 Å². The number of nitrogen functional groups attached to an aromatic ring is 1. The van der Waals surface area contributed by atoms with Crippen LogP contribution in [0, 0.1) is 3.57 Å². The van der Waals surface area contributed by atoms with Gasteiger partial charge in [-0.25, -0.2) is 0 Å². The van der Waals surface area contributed by atoms with Gasteiger partial charge in [-0.1, -0.05) is 5.16 Å². The van der Waals surface area contributed by atoms with Crippen LogP contribution in [0.4, 0.5) is 5.69 Å². The highest BCUT2D eigenvalue weighted by atomic mass is 127. The minimum atomic E-state index is 0.194. The molecule has 20 heavy (non-hydrogen) atoms. The standard InChI is InChI=1S/C14H10IN3O2/c15-9-3-6-12(16)11(7-9)14-17-13(18-20-14)8-1-4-10(19)5-2-8/h1-7,19H,16H2. The number of nitrogens with two attached hydrogens (primary N) is 1. The first-order valence-corrected chi connectivity index (χ1v) is 6.90. The highest BCUT2D eigenvalue weighted by Gasteiger charge is 2.13. The van der Waals surface area contributed by atoms with Crippen molar-refractivity contribution in [2.45, 2.75) is 0 Å². The van der Waals surface area contributed by atoms with Crippen molar-refractivity contribution >= 4 is 28.3 Å². The number of phenols is 1. The Bertz CT molecular complexity index is 753. The van der Waals surface area contributed by atoms with Gasteiger partial charge in [0, 0.05) is 14.8 Å². The van der Waals surface area contributed by atoms with Crippen LogP contribution in [0.2, 0.25) is 0 Å². The molecule has 100 valence electrons. The molecule has 0 unspecified atom stereocenters. The van der Waals surface area contributed by atoms with E-state index in [1.165, 1.54) is 0 Å². The van der Waals surface area contributed by atoms with Crippen LogP contribution in [0.15, 0.2) is 47.0 Å². The van der Waals surface area contributed by atoms with Gasteiger partial charge in [-0.05, 0) is 65.1 Å². The number of aromatic hydroxyl groups is 1. The Hall–Kier alpha value is -2.09. The van der Waals surface area contributed by atoms with Crippen molar-refractivity contribution < 1.29 is 9.63 Å². The summed E-state index contributed by atoms with van der Waals surface area (Å²) in [6.07, 6.45) is 0. The molecule has 1 aromatic heterocycles. The molecule has 0 amide bonds. The van der Waals surface area contributed by atoms with E-state index in [1.54, 1.807) is 24.3 Å². The summed E-state index contributed by atoms with van der Waals surface area (Å²) < 4.78 is 6.30. The molecular weight excluding hydrogens is 369 g/mol. The second-order valence-corrected chi connectivity index (χ2v) is 5.45. The Morgan fingerprint density at radius 2 is 1.85 bits per heavy atom. The zero-order chi connectivity index (χ0) is 14.1. The van der Waals surface area contributed by atoms with Crippen LogP contribution in [-0.2, 0) is 0 Å². The normalized spacial score (nSPS) is 10.7. The quantitative estimate of drug-likeness (QED) is 0.527. The summed E-state index contributed by atoms with van der Waals surface area (Å²) in [5.41, 5.74) is 8.00. The molecule has 0 radical (unpaired) electrons. The van der Waals surface area contributed by atoms with Crippen LogP contribution in [0.1, 0.15) is 0 Å². The fourth-order valence-electron chi connectivity index (χ4n) is 1.77. The van der Waals surface area contributed by atoms with Gasteiger partial charge in [0.25, 0.3) is 5.89 Å². The Morgan fingerprint density at radius 1 is 1.10 bits per heavy atom. The number of hydrogen-bond acceptors (Lipinski definition) is 5. The smallest absolute Gasteiger partial charge is 0.260 e. The first-order valence-electron chi connectivity index (χ1n) is 5.82. The zero-order valence-electron chi connectivity index (χ0n) is 10.2. The average Bonchev–Trinajstić information content (AvgIpc) is 2.92. The molecule has 0 spiro atoms. The van der Waals surface area contributed by atoms with Crippen molar-refractivity contribution in [2.24, 2.45) is 0 Å². The van der Waals surface area contributed by atoms with Crippen molar-refractivity contribution in [2.75, 3.05) is 5.73 Å². The van der Waals surface area contributed by atoms with Crippen LogP contribution in [0.5, 0.6) is 5.75 Å². The van der Waals surface area contributed by atoms with Crippen LogP contribution in [-0.4, -0.2) is 15.2 Å². The fraction of sp³-hybridized carbons (Fsp3) is 0. The Morgan fingerprint density at radius 3 is 2.60 bits per heavy atom. The lowest BCUT2D eigenvalue weighted by Gasteiger charge is -2.00. The molecule has 0 aliphatic carbocycles. The van der Waals surface area contributed by atoms with E-state index >= 15 is 0 Å². The summed E-state index contributed by atoms with van der Waals surface area (Å²) >= 11 is 2.20. The number of benzene rings is 2. The molecule has 6 heteroatoms. The number of aromatic nitrogens is 2. The van der Waals surface area contributed by atoms with E-state index in [9.17, 15) is 5.11 Å². The number of halogens is 1. The lowest BCUT2D eigenvalue weighted by molar-refractivity contribution is 0.432. The molecule has 5 nitrogen and oxygen atoms in total. The van der Waals surface area contributed by atoms with Gasteiger partial charge in [-0.15, -0.1) is 0 Å². The van der Waals surface area contributed by atoms with Gasteiger partial charge in [-0.2, -0.15) is 4.98 Å². The summed E-state index contributed by atoms with van der Waals surface area (Å²) in [5.74, 6) is 1.03. The summed E-state index contributed by atoms with van der Waals surface area (Å²) in [6.45, 7) is 0. The van der Waals surface area contributed by atoms with E-state index in [0.29, 0.717) is 17.4 Å². The van der Waals surface area contributed by atoms with Crippen molar-refractivity contribution in [1.29, 1.82) is 0 Å². The monoisotopic (exact) mass is 379 g/mol. The maximum Gasteiger partial charge on any atom is 0.260 e. The van der Waals surface area contributed by atoms with Gasteiger partial charge >= 0.3 is 0 Å². The molecule has 3 aromatic rings. The van der Waals surface area contributed by atoms with Crippen LogP contribution in [0.25, 0.3) is 22.8 Å². The predicted molar refractivity (Wildman–Crippen MR) is 84.0 cm³/mol. The molecule has 3 N–H and O–H groups in total. The van der Waals surface area contributed by atoms with Gasteiger partial charge in [0.1, 0.15) is 5.75 Å². The molecule has 0 bridgehead atoms. The van der Waals surface area contributed by atoms with Gasteiger partial charge in [0.2, 0.25) is 5.82 Å². The lowest BCUT2D eigenvalue weighted by atomic mass is 10.2. The largest absolute Gasteiger partial charge is 0.508 e. The molecule has 0 fully saturated rings. The molecule has 2 aromatic carbocycles. The maximum absolute atomic E-state index is 9.27. The van der Waals surface area contributed by atoms with Crippen LogP contribution in [0.3, 0.4) is 0 Å². The van der Waals surface area contributed by atoms with Crippen molar-refractivity contribution in [3.05, 3.63) is 46.0 Å². The van der Waals surface area contributed by atoms with Crippen molar-refractivity contribution in [3.63, 3.8) is 0 Å². The van der Waals surface area contributed by atoms with Crippen LogP contribution < -0.4 is 5.73 Å². The highest BCUT2D eigenvalue weighted by molar-refractivity contribution is 14.1. The molecule has 0 saturated heterocycles. The van der Waals surface area contributed by atoms with Crippen LogP contribution >= 0.6 is 22.6 Å². The lowest BCUT2D eigenvalue weighted by Crippen LogP contribution is -1.90. The number of hydrogen-bond donors (Lipinski definition) is 2.